The zero-order valence-electron chi connectivity index (χ0n) is 12.4. The van der Waals surface area contributed by atoms with Crippen molar-refractivity contribution >= 4 is 36.7 Å². The van der Waals surface area contributed by atoms with E-state index in [1.165, 1.54) is 19.3 Å². The Bertz CT molecular complexity index is 275. The van der Waals surface area contributed by atoms with Crippen LogP contribution in [-0.2, 0) is 20.9 Å². The molecule has 0 N–H and O–H groups in total. The van der Waals surface area contributed by atoms with E-state index in [-0.39, 0.29) is 0 Å². The minimum Gasteiger partial charge on any atom is -0.420 e. The van der Waals surface area contributed by atoms with Gasteiger partial charge in [-0.25, -0.2) is 0 Å². The predicted octanol–water partition coefficient (Wildman–Crippen LogP) is 1.54. The molecule has 0 aromatic heterocycles. The van der Waals surface area contributed by atoms with Crippen LogP contribution in [0.2, 0.25) is 26.2 Å². The smallest absolute Gasteiger partial charge is 0.420 e. The molecule has 2 fully saturated rings. The van der Waals surface area contributed by atoms with Gasteiger partial charge in [-0.1, -0.05) is 19.3 Å². The van der Waals surface area contributed by atoms with E-state index >= 15 is 0 Å². The first-order valence-corrected chi connectivity index (χ1v) is 15.8. The lowest BCUT2D eigenvalue weighted by atomic mass is 9.98. The molecule has 19 heavy (non-hydrogen) atoms. The average Bonchev–Trinajstić information content (AvgIpc) is 2.26. The van der Waals surface area contributed by atoms with Gasteiger partial charge >= 0.3 is 27.4 Å². The van der Waals surface area contributed by atoms with Crippen molar-refractivity contribution in [2.45, 2.75) is 64.4 Å². The third-order valence-electron chi connectivity index (χ3n) is 3.46. The van der Waals surface area contributed by atoms with Crippen molar-refractivity contribution in [1.29, 1.82) is 0 Å². The van der Waals surface area contributed by atoms with Gasteiger partial charge < -0.3 is 20.9 Å². The van der Waals surface area contributed by atoms with E-state index in [9.17, 15) is 0 Å². The summed E-state index contributed by atoms with van der Waals surface area (Å²) in [4.78, 5) is 0. The van der Waals surface area contributed by atoms with E-state index in [0.717, 1.165) is 12.8 Å². The molecule has 0 aromatic carbocycles. The molecule has 1 heterocycles. The normalized spacial score (nSPS) is 42.6. The number of rotatable bonds is 2. The first kappa shape index (κ1) is 16.0. The zero-order chi connectivity index (χ0) is 13.9. The third-order valence-corrected chi connectivity index (χ3v) is 16.4. The molecule has 1 aliphatic heterocycles. The van der Waals surface area contributed by atoms with Crippen molar-refractivity contribution in [1.82, 2.24) is 0 Å². The van der Waals surface area contributed by atoms with Gasteiger partial charge in [-0.2, -0.15) is 0 Å². The van der Waals surface area contributed by atoms with Crippen LogP contribution < -0.4 is 0 Å². The minimum absolute atomic E-state index is 0.307. The van der Waals surface area contributed by atoms with Gasteiger partial charge in [0, 0.05) is 12.7 Å². The monoisotopic (exact) mass is 338 g/mol. The highest BCUT2D eigenvalue weighted by Crippen LogP contribution is 2.26. The van der Waals surface area contributed by atoms with Crippen molar-refractivity contribution in [3.8, 4) is 0 Å². The molecular formula is C10H26O5Si4. The fourth-order valence-corrected chi connectivity index (χ4v) is 16.2. The molecule has 112 valence electrons. The molecule has 0 bridgehead atoms. The van der Waals surface area contributed by atoms with Crippen LogP contribution in [0.3, 0.4) is 0 Å². The number of hydrogen-bond acceptors (Lipinski definition) is 5. The van der Waals surface area contributed by atoms with Crippen LogP contribution in [0.25, 0.3) is 0 Å². The lowest BCUT2D eigenvalue weighted by Gasteiger charge is -2.38. The van der Waals surface area contributed by atoms with Gasteiger partial charge in [-0.05, 0) is 32.5 Å². The summed E-state index contributed by atoms with van der Waals surface area (Å²) in [6.07, 6.45) is 6.41. The van der Waals surface area contributed by atoms with Crippen molar-refractivity contribution in [2.24, 2.45) is 0 Å². The average molecular weight is 339 g/mol. The van der Waals surface area contributed by atoms with Gasteiger partial charge in [-0.3, -0.25) is 0 Å². The highest BCUT2D eigenvalue weighted by molar-refractivity contribution is 6.77. The topological polar surface area (TPSA) is 46.2 Å². The van der Waals surface area contributed by atoms with Crippen LogP contribution in [0.1, 0.15) is 32.1 Å². The second-order valence-electron chi connectivity index (χ2n) is 5.45. The molecule has 0 amide bonds. The molecule has 0 spiro atoms. The first-order chi connectivity index (χ1) is 8.97. The van der Waals surface area contributed by atoms with E-state index in [4.69, 9.17) is 20.9 Å². The van der Waals surface area contributed by atoms with E-state index in [2.05, 4.69) is 0 Å². The fraction of sp³-hybridized carbons (Fsp3) is 1.00. The molecule has 1 saturated heterocycles. The molecule has 2 unspecified atom stereocenters. The highest BCUT2D eigenvalue weighted by atomic mass is 28.5. The SMILES string of the molecule is C[SiH]1O[SiH](C)O[Si](C)(OC2CCCCC2)O[SiH](C)O1. The summed E-state index contributed by atoms with van der Waals surface area (Å²) < 4.78 is 30.3. The Hall–Kier alpha value is 0.668. The highest BCUT2D eigenvalue weighted by Gasteiger charge is 2.43. The van der Waals surface area contributed by atoms with Gasteiger partial charge in [0.05, 0.1) is 0 Å². The van der Waals surface area contributed by atoms with Gasteiger partial charge in [0.2, 0.25) is 0 Å². The van der Waals surface area contributed by atoms with Crippen LogP contribution in [0.15, 0.2) is 0 Å². The van der Waals surface area contributed by atoms with E-state index in [1.54, 1.807) is 0 Å². The summed E-state index contributed by atoms with van der Waals surface area (Å²) in [5.41, 5.74) is 0. The van der Waals surface area contributed by atoms with E-state index in [1.807, 2.05) is 26.2 Å². The van der Waals surface area contributed by atoms with Gasteiger partial charge in [0.25, 0.3) is 9.28 Å². The Balaban J connectivity index is 1.97. The van der Waals surface area contributed by atoms with Crippen LogP contribution in [0, 0.1) is 0 Å². The van der Waals surface area contributed by atoms with Crippen molar-refractivity contribution in [2.75, 3.05) is 0 Å². The maximum absolute atomic E-state index is 6.25. The van der Waals surface area contributed by atoms with Crippen LogP contribution >= 0.6 is 0 Å². The molecule has 0 aromatic rings. The van der Waals surface area contributed by atoms with Crippen LogP contribution in [-0.4, -0.2) is 42.8 Å². The van der Waals surface area contributed by atoms with Crippen LogP contribution in [0.4, 0.5) is 0 Å². The van der Waals surface area contributed by atoms with Crippen LogP contribution in [0.5, 0.6) is 0 Å². The van der Waals surface area contributed by atoms with E-state index in [0.29, 0.717) is 6.10 Å². The summed E-state index contributed by atoms with van der Waals surface area (Å²) >= 11 is 0. The van der Waals surface area contributed by atoms with Gasteiger partial charge in [-0.15, -0.1) is 0 Å². The lowest BCUT2D eigenvalue weighted by molar-refractivity contribution is 0.0690. The predicted molar refractivity (Wildman–Crippen MR) is 83.0 cm³/mol. The summed E-state index contributed by atoms with van der Waals surface area (Å²) in [5.74, 6) is 0. The van der Waals surface area contributed by atoms with Crippen molar-refractivity contribution < 1.29 is 20.9 Å². The third kappa shape index (κ3) is 5.17. The maximum Gasteiger partial charge on any atom is 0.479 e. The Morgan fingerprint density at radius 3 is 1.95 bits per heavy atom. The molecule has 2 atom stereocenters. The second kappa shape index (κ2) is 7.09. The summed E-state index contributed by atoms with van der Waals surface area (Å²) in [6.45, 7) is 8.15. The molecule has 1 aliphatic carbocycles. The Labute approximate surface area is 122 Å². The minimum atomic E-state index is -2.57. The fourth-order valence-electron chi connectivity index (χ4n) is 2.80. The van der Waals surface area contributed by atoms with Crippen molar-refractivity contribution in [3.05, 3.63) is 0 Å². The largest absolute Gasteiger partial charge is 0.479 e. The molecule has 2 rings (SSSR count). The molecule has 0 radical (unpaired) electrons. The Morgan fingerprint density at radius 1 is 0.895 bits per heavy atom. The first-order valence-electron chi connectivity index (χ1n) is 7.31. The lowest BCUT2D eigenvalue weighted by Crippen LogP contribution is -2.56. The summed E-state index contributed by atoms with van der Waals surface area (Å²) in [7, 11) is -7.47. The quantitative estimate of drug-likeness (QED) is 0.715. The summed E-state index contributed by atoms with van der Waals surface area (Å²) in [5, 5.41) is 0. The standard InChI is InChI=1S/C10H26O5Si4/c1-16-12-17(2)14-19(4,15-18(3)13-16)11-10-8-6-5-7-9-10/h10,16-18H,5-9H2,1-4H3. The molecular weight excluding hydrogens is 312 g/mol. The van der Waals surface area contributed by atoms with Gasteiger partial charge in [0.1, 0.15) is 0 Å². The molecule has 2 aliphatic rings. The zero-order valence-corrected chi connectivity index (χ0v) is 16.9. The van der Waals surface area contributed by atoms with Crippen molar-refractivity contribution in [3.63, 3.8) is 0 Å². The van der Waals surface area contributed by atoms with Gasteiger partial charge in [0.15, 0.2) is 0 Å². The summed E-state index contributed by atoms with van der Waals surface area (Å²) in [6, 6.07) is 0. The van der Waals surface area contributed by atoms with E-state index < -0.39 is 36.7 Å². The Morgan fingerprint density at radius 2 is 1.42 bits per heavy atom. The molecule has 1 saturated carbocycles. The number of hydrogen-bond donors (Lipinski definition) is 0. The maximum atomic E-state index is 6.25. The molecule has 9 heteroatoms. The second-order valence-corrected chi connectivity index (χ2v) is 14.9. The Kier molecular flexibility index (Phi) is 5.99. The molecule has 5 nitrogen and oxygen atoms in total.